The average Bonchev–Trinajstić information content (AvgIpc) is 2.84. The molecule has 0 aromatic carbocycles. The molecule has 7 nitrogen and oxygen atoms in total. The monoisotopic (exact) mass is 294 g/mol. The van der Waals surface area contributed by atoms with Gasteiger partial charge < -0.3 is 14.6 Å². The predicted molar refractivity (Wildman–Crippen MR) is 75.6 cm³/mol. The van der Waals surface area contributed by atoms with Crippen molar-refractivity contribution in [1.29, 1.82) is 0 Å². The van der Waals surface area contributed by atoms with Crippen LogP contribution in [0.4, 0.5) is 0 Å². The van der Waals surface area contributed by atoms with Crippen LogP contribution in [0.2, 0.25) is 0 Å². The number of aryl methyl sites for hydroxylation is 1. The Morgan fingerprint density at radius 2 is 2.19 bits per heavy atom. The molecule has 1 aromatic heterocycles. The molecule has 1 fully saturated rings. The number of nitrogens with zero attached hydrogens (tertiary/aromatic N) is 4. The van der Waals surface area contributed by atoms with Gasteiger partial charge in [-0.3, -0.25) is 9.59 Å². The van der Waals surface area contributed by atoms with Gasteiger partial charge in [0.15, 0.2) is 0 Å². The highest BCUT2D eigenvalue weighted by Gasteiger charge is 2.34. The van der Waals surface area contributed by atoms with Crippen molar-refractivity contribution in [3.05, 3.63) is 12.2 Å². The van der Waals surface area contributed by atoms with Crippen LogP contribution in [0.25, 0.3) is 0 Å². The molecule has 2 rings (SSSR count). The minimum atomic E-state index is -1.03. The summed E-state index contributed by atoms with van der Waals surface area (Å²) >= 11 is 0. The van der Waals surface area contributed by atoms with E-state index in [2.05, 4.69) is 10.2 Å². The standard InChI is InChI=1S/C14H22N4O3/c1-14(2,13(20)21)7-11(19)18-6-4-5-10(8-18)12-16-15-9-17(12)3/h9-10H,4-8H2,1-3H3,(H,20,21). The number of aliphatic carboxylic acids is 1. The Labute approximate surface area is 124 Å². The Morgan fingerprint density at radius 3 is 2.76 bits per heavy atom. The minimum Gasteiger partial charge on any atom is -0.481 e. The molecule has 1 atom stereocenters. The summed E-state index contributed by atoms with van der Waals surface area (Å²) in [5.41, 5.74) is -1.03. The molecule has 0 bridgehead atoms. The van der Waals surface area contributed by atoms with Crippen LogP contribution in [0.1, 0.15) is 44.9 Å². The van der Waals surface area contributed by atoms with Gasteiger partial charge in [-0.2, -0.15) is 0 Å². The molecule has 1 amide bonds. The molecular weight excluding hydrogens is 272 g/mol. The molecule has 1 aromatic rings. The van der Waals surface area contributed by atoms with Crippen LogP contribution in [-0.2, 0) is 16.6 Å². The number of hydrogen-bond acceptors (Lipinski definition) is 4. The lowest BCUT2D eigenvalue weighted by Crippen LogP contribution is -2.42. The highest BCUT2D eigenvalue weighted by Crippen LogP contribution is 2.28. The van der Waals surface area contributed by atoms with E-state index in [9.17, 15) is 9.59 Å². The number of likely N-dealkylation sites (tertiary alicyclic amines) is 1. The second kappa shape index (κ2) is 5.83. The van der Waals surface area contributed by atoms with Gasteiger partial charge in [-0.25, -0.2) is 0 Å². The van der Waals surface area contributed by atoms with Crippen molar-refractivity contribution in [2.45, 2.75) is 39.0 Å². The zero-order valence-electron chi connectivity index (χ0n) is 12.7. The number of piperidine rings is 1. The lowest BCUT2D eigenvalue weighted by atomic mass is 9.88. The van der Waals surface area contributed by atoms with E-state index in [1.807, 2.05) is 11.6 Å². The van der Waals surface area contributed by atoms with Crippen LogP contribution in [0.5, 0.6) is 0 Å². The van der Waals surface area contributed by atoms with Gasteiger partial charge in [-0.15, -0.1) is 10.2 Å². The zero-order chi connectivity index (χ0) is 15.6. The summed E-state index contributed by atoms with van der Waals surface area (Å²) in [5.74, 6) is 0.000106. The van der Waals surface area contributed by atoms with E-state index in [1.165, 1.54) is 0 Å². The first-order chi connectivity index (χ1) is 9.81. The van der Waals surface area contributed by atoms with E-state index in [4.69, 9.17) is 5.11 Å². The first-order valence-electron chi connectivity index (χ1n) is 7.16. The van der Waals surface area contributed by atoms with E-state index < -0.39 is 11.4 Å². The molecule has 0 radical (unpaired) electrons. The quantitative estimate of drug-likeness (QED) is 0.895. The summed E-state index contributed by atoms with van der Waals surface area (Å²) in [5, 5.41) is 17.1. The smallest absolute Gasteiger partial charge is 0.309 e. The Kier molecular flexibility index (Phi) is 4.29. The highest BCUT2D eigenvalue weighted by atomic mass is 16.4. The van der Waals surface area contributed by atoms with E-state index in [0.29, 0.717) is 13.1 Å². The first kappa shape index (κ1) is 15.5. The number of carbonyl (C=O) groups excluding carboxylic acids is 1. The maximum absolute atomic E-state index is 12.3. The van der Waals surface area contributed by atoms with Gasteiger partial charge >= 0.3 is 5.97 Å². The number of aromatic nitrogens is 3. The second-order valence-corrected chi connectivity index (χ2v) is 6.34. The van der Waals surface area contributed by atoms with Crippen LogP contribution >= 0.6 is 0 Å². The first-order valence-corrected chi connectivity index (χ1v) is 7.16. The fourth-order valence-electron chi connectivity index (χ4n) is 2.64. The van der Waals surface area contributed by atoms with Gasteiger partial charge in [0.25, 0.3) is 0 Å². The van der Waals surface area contributed by atoms with E-state index in [-0.39, 0.29) is 18.2 Å². The van der Waals surface area contributed by atoms with Crippen LogP contribution in [0.15, 0.2) is 6.33 Å². The summed E-state index contributed by atoms with van der Waals surface area (Å²) in [6, 6.07) is 0. The van der Waals surface area contributed by atoms with Gasteiger partial charge in [-0.1, -0.05) is 0 Å². The van der Waals surface area contributed by atoms with E-state index in [0.717, 1.165) is 18.7 Å². The molecule has 116 valence electrons. The van der Waals surface area contributed by atoms with Gasteiger partial charge in [0.2, 0.25) is 5.91 Å². The number of carbonyl (C=O) groups is 2. The van der Waals surface area contributed by atoms with Gasteiger partial charge in [0.05, 0.1) is 5.41 Å². The highest BCUT2D eigenvalue weighted by molar-refractivity contribution is 5.84. The van der Waals surface area contributed by atoms with Crippen molar-refractivity contribution in [2.75, 3.05) is 13.1 Å². The lowest BCUT2D eigenvalue weighted by molar-refractivity contribution is -0.151. The summed E-state index contributed by atoms with van der Waals surface area (Å²) in [6.45, 7) is 4.43. The molecule has 1 unspecified atom stereocenters. The molecule has 0 aliphatic carbocycles. The topological polar surface area (TPSA) is 88.3 Å². The normalized spacial score (nSPS) is 19.6. The average molecular weight is 294 g/mol. The minimum absolute atomic E-state index is 0.0217. The fourth-order valence-corrected chi connectivity index (χ4v) is 2.64. The number of amides is 1. The lowest BCUT2D eigenvalue weighted by Gasteiger charge is -2.33. The molecule has 0 spiro atoms. The molecule has 1 N–H and O–H groups in total. The predicted octanol–water partition coefficient (Wildman–Crippen LogP) is 1.02. The third-order valence-corrected chi connectivity index (χ3v) is 4.06. The van der Waals surface area contributed by atoms with Crippen LogP contribution < -0.4 is 0 Å². The number of rotatable bonds is 4. The third-order valence-electron chi connectivity index (χ3n) is 4.06. The molecule has 7 heteroatoms. The molecule has 1 aliphatic heterocycles. The molecule has 21 heavy (non-hydrogen) atoms. The molecule has 2 heterocycles. The summed E-state index contributed by atoms with van der Waals surface area (Å²) in [6.07, 6.45) is 3.55. The van der Waals surface area contributed by atoms with E-state index in [1.54, 1.807) is 25.1 Å². The Bertz CT molecular complexity index is 538. The van der Waals surface area contributed by atoms with Crippen LogP contribution in [-0.4, -0.2) is 49.7 Å². The second-order valence-electron chi connectivity index (χ2n) is 6.34. The van der Waals surface area contributed by atoms with Gasteiger partial charge in [0.1, 0.15) is 12.2 Å². The van der Waals surface area contributed by atoms with Crippen LogP contribution in [0.3, 0.4) is 0 Å². The summed E-state index contributed by atoms with van der Waals surface area (Å²) in [7, 11) is 1.89. The molecule has 1 saturated heterocycles. The number of hydrogen-bond donors (Lipinski definition) is 1. The molecule has 0 saturated carbocycles. The maximum Gasteiger partial charge on any atom is 0.309 e. The van der Waals surface area contributed by atoms with Gasteiger partial charge in [0, 0.05) is 32.5 Å². The largest absolute Gasteiger partial charge is 0.481 e. The number of carboxylic acids is 1. The van der Waals surface area contributed by atoms with Crippen molar-refractivity contribution in [3.8, 4) is 0 Å². The van der Waals surface area contributed by atoms with Crippen molar-refractivity contribution in [3.63, 3.8) is 0 Å². The molecule has 1 aliphatic rings. The van der Waals surface area contributed by atoms with Crippen molar-refractivity contribution in [1.82, 2.24) is 19.7 Å². The molecular formula is C14H22N4O3. The third kappa shape index (κ3) is 3.40. The Morgan fingerprint density at radius 1 is 1.48 bits per heavy atom. The van der Waals surface area contributed by atoms with E-state index >= 15 is 0 Å². The summed E-state index contributed by atoms with van der Waals surface area (Å²) in [4.78, 5) is 25.2. The van der Waals surface area contributed by atoms with Crippen LogP contribution in [0, 0.1) is 5.41 Å². The fraction of sp³-hybridized carbons (Fsp3) is 0.714. The van der Waals surface area contributed by atoms with Crippen molar-refractivity contribution in [2.24, 2.45) is 12.5 Å². The van der Waals surface area contributed by atoms with Crippen molar-refractivity contribution >= 4 is 11.9 Å². The van der Waals surface area contributed by atoms with Crippen molar-refractivity contribution < 1.29 is 14.7 Å². The van der Waals surface area contributed by atoms with Gasteiger partial charge in [-0.05, 0) is 26.7 Å². The Balaban J connectivity index is 2.03. The number of carboxylic acid groups (broad SMARTS) is 1. The maximum atomic E-state index is 12.3. The zero-order valence-corrected chi connectivity index (χ0v) is 12.7. The summed E-state index contributed by atoms with van der Waals surface area (Å²) < 4.78 is 1.87. The SMILES string of the molecule is Cn1cnnc1C1CCCN(C(=O)CC(C)(C)C(=O)O)C1. The Hall–Kier alpha value is -1.92.